The van der Waals surface area contributed by atoms with E-state index in [1.54, 1.807) is 0 Å². The van der Waals surface area contributed by atoms with E-state index in [2.05, 4.69) is 30.1 Å². The summed E-state index contributed by atoms with van der Waals surface area (Å²) in [5, 5.41) is 9.41. The number of hydrogen-bond donors (Lipinski definition) is 1. The Morgan fingerprint density at radius 3 is 2.94 bits per heavy atom. The lowest BCUT2D eigenvalue weighted by molar-refractivity contribution is 0.195. The molecule has 1 unspecified atom stereocenters. The van der Waals surface area contributed by atoms with E-state index in [1.807, 2.05) is 6.92 Å². The number of anilines is 1. The first-order valence-electron chi connectivity index (χ1n) is 6.18. The molecule has 2 nitrogen and oxygen atoms in total. The summed E-state index contributed by atoms with van der Waals surface area (Å²) >= 11 is 0. The molecule has 0 saturated heterocycles. The quantitative estimate of drug-likeness (QED) is 0.825. The zero-order valence-electron chi connectivity index (χ0n) is 10.2. The zero-order valence-corrected chi connectivity index (χ0v) is 10.2. The first-order chi connectivity index (χ1) is 7.66. The molecule has 0 aliphatic carbocycles. The van der Waals surface area contributed by atoms with Gasteiger partial charge in [-0.2, -0.15) is 0 Å². The Morgan fingerprint density at radius 2 is 2.19 bits per heavy atom. The van der Waals surface area contributed by atoms with Crippen molar-refractivity contribution in [3.05, 3.63) is 29.3 Å². The topological polar surface area (TPSA) is 23.5 Å². The summed E-state index contributed by atoms with van der Waals surface area (Å²) in [6.45, 7) is 3.00. The number of aliphatic hydroxyl groups excluding tert-OH is 1. The second-order valence-corrected chi connectivity index (χ2v) is 4.89. The second-order valence-electron chi connectivity index (χ2n) is 4.89. The molecule has 0 bridgehead atoms. The first kappa shape index (κ1) is 11.5. The van der Waals surface area contributed by atoms with Crippen molar-refractivity contribution in [1.82, 2.24) is 0 Å². The summed E-state index contributed by atoms with van der Waals surface area (Å²) < 4.78 is 0. The second kappa shape index (κ2) is 4.88. The number of aryl methyl sites for hydroxylation is 1. The number of nitrogens with zero attached hydrogens (tertiary/aromatic N) is 1. The van der Waals surface area contributed by atoms with Crippen LogP contribution in [0.2, 0.25) is 0 Å². The van der Waals surface area contributed by atoms with Crippen LogP contribution in [0.4, 0.5) is 5.69 Å². The highest BCUT2D eigenvalue weighted by Gasteiger charge is 2.12. The predicted octanol–water partition coefficient (Wildman–Crippen LogP) is 2.38. The van der Waals surface area contributed by atoms with Crippen LogP contribution in [0.15, 0.2) is 18.2 Å². The molecule has 2 rings (SSSR count). The van der Waals surface area contributed by atoms with Gasteiger partial charge in [0.15, 0.2) is 0 Å². The van der Waals surface area contributed by atoms with E-state index in [0.717, 1.165) is 13.0 Å². The summed E-state index contributed by atoms with van der Waals surface area (Å²) in [4.78, 5) is 2.34. The molecule has 1 aromatic rings. The molecule has 0 amide bonds. The Hall–Kier alpha value is -1.02. The van der Waals surface area contributed by atoms with Crippen LogP contribution in [0.25, 0.3) is 0 Å². The van der Waals surface area contributed by atoms with E-state index in [1.165, 1.54) is 36.1 Å². The Labute approximate surface area is 97.9 Å². The molecule has 88 valence electrons. The molecular weight excluding hydrogens is 198 g/mol. The van der Waals surface area contributed by atoms with E-state index in [0.29, 0.717) is 0 Å². The van der Waals surface area contributed by atoms with Gasteiger partial charge in [-0.15, -0.1) is 0 Å². The smallest absolute Gasteiger partial charge is 0.0552 e. The summed E-state index contributed by atoms with van der Waals surface area (Å²) in [6, 6.07) is 6.62. The highest BCUT2D eigenvalue weighted by atomic mass is 16.3. The van der Waals surface area contributed by atoms with E-state index < -0.39 is 0 Å². The minimum atomic E-state index is -0.249. The van der Waals surface area contributed by atoms with Crippen LogP contribution >= 0.6 is 0 Å². The maximum absolute atomic E-state index is 9.41. The standard InChI is InChI=1S/C14H21NO/c1-11(16)9-12-6-7-14-13(10-12)5-3-4-8-15(14)2/h6-7,10-11,16H,3-5,8-9H2,1-2H3. The molecule has 2 heteroatoms. The molecule has 1 aliphatic heterocycles. The molecule has 1 heterocycles. The average molecular weight is 219 g/mol. The fraction of sp³-hybridized carbons (Fsp3) is 0.571. The molecule has 0 radical (unpaired) electrons. The summed E-state index contributed by atoms with van der Waals surface area (Å²) in [7, 11) is 2.17. The van der Waals surface area contributed by atoms with Crippen LogP contribution in [0.1, 0.15) is 30.9 Å². The normalized spacial score (nSPS) is 17.8. The molecule has 1 aliphatic rings. The van der Waals surface area contributed by atoms with Crippen molar-refractivity contribution in [2.24, 2.45) is 0 Å². The number of aliphatic hydroxyl groups is 1. The Kier molecular flexibility index (Phi) is 3.49. The molecule has 0 spiro atoms. The van der Waals surface area contributed by atoms with E-state index in [-0.39, 0.29) is 6.10 Å². The third kappa shape index (κ3) is 2.56. The van der Waals surface area contributed by atoms with Crippen LogP contribution in [-0.4, -0.2) is 24.8 Å². The lowest BCUT2D eigenvalue weighted by atomic mass is 10.0. The van der Waals surface area contributed by atoms with Crippen LogP contribution in [-0.2, 0) is 12.8 Å². The van der Waals surface area contributed by atoms with Gasteiger partial charge in [0, 0.05) is 19.3 Å². The van der Waals surface area contributed by atoms with Crippen LogP contribution in [0.3, 0.4) is 0 Å². The van der Waals surface area contributed by atoms with Gasteiger partial charge < -0.3 is 10.0 Å². The van der Waals surface area contributed by atoms with Crippen molar-refractivity contribution in [3.63, 3.8) is 0 Å². The molecule has 1 atom stereocenters. The third-order valence-electron chi connectivity index (χ3n) is 3.28. The zero-order chi connectivity index (χ0) is 11.5. The van der Waals surface area contributed by atoms with E-state index in [9.17, 15) is 5.11 Å². The fourth-order valence-corrected chi connectivity index (χ4v) is 2.46. The number of rotatable bonds is 2. The Morgan fingerprint density at radius 1 is 1.38 bits per heavy atom. The third-order valence-corrected chi connectivity index (χ3v) is 3.28. The molecule has 1 aromatic carbocycles. The molecule has 0 aromatic heterocycles. The molecule has 1 N–H and O–H groups in total. The summed E-state index contributed by atoms with van der Waals surface area (Å²) in [6.07, 6.45) is 4.23. The minimum absolute atomic E-state index is 0.249. The van der Waals surface area contributed by atoms with Gasteiger partial charge in [0.1, 0.15) is 0 Å². The van der Waals surface area contributed by atoms with Crippen LogP contribution in [0, 0.1) is 0 Å². The van der Waals surface area contributed by atoms with Crippen LogP contribution in [0.5, 0.6) is 0 Å². The van der Waals surface area contributed by atoms with Gasteiger partial charge in [0.25, 0.3) is 0 Å². The molecule has 0 saturated carbocycles. The van der Waals surface area contributed by atoms with Crippen molar-refractivity contribution in [1.29, 1.82) is 0 Å². The van der Waals surface area contributed by atoms with Crippen LogP contribution < -0.4 is 4.90 Å². The van der Waals surface area contributed by atoms with Gasteiger partial charge in [-0.05, 0) is 49.8 Å². The Bertz CT molecular complexity index is 360. The monoisotopic (exact) mass is 219 g/mol. The lowest BCUT2D eigenvalue weighted by Crippen LogP contribution is -2.17. The molecule has 16 heavy (non-hydrogen) atoms. The first-order valence-corrected chi connectivity index (χ1v) is 6.18. The van der Waals surface area contributed by atoms with Gasteiger partial charge in [0.05, 0.1) is 6.10 Å². The lowest BCUT2D eigenvalue weighted by Gasteiger charge is -2.20. The summed E-state index contributed by atoms with van der Waals surface area (Å²) in [5.41, 5.74) is 4.06. The highest BCUT2D eigenvalue weighted by Crippen LogP contribution is 2.26. The van der Waals surface area contributed by atoms with Crippen molar-refractivity contribution in [3.8, 4) is 0 Å². The molecule has 0 fully saturated rings. The largest absolute Gasteiger partial charge is 0.393 e. The molecular formula is C14H21NO. The number of hydrogen-bond acceptors (Lipinski definition) is 2. The van der Waals surface area contributed by atoms with Gasteiger partial charge in [-0.3, -0.25) is 0 Å². The van der Waals surface area contributed by atoms with Crippen molar-refractivity contribution in [2.75, 3.05) is 18.5 Å². The highest BCUT2D eigenvalue weighted by molar-refractivity contribution is 5.55. The van der Waals surface area contributed by atoms with Gasteiger partial charge in [-0.25, -0.2) is 0 Å². The predicted molar refractivity (Wildman–Crippen MR) is 68.0 cm³/mol. The van der Waals surface area contributed by atoms with E-state index >= 15 is 0 Å². The maximum atomic E-state index is 9.41. The van der Waals surface area contributed by atoms with Crippen molar-refractivity contribution in [2.45, 2.75) is 38.7 Å². The average Bonchev–Trinajstić information content (AvgIpc) is 2.40. The number of fused-ring (bicyclic) bond motifs is 1. The maximum Gasteiger partial charge on any atom is 0.0552 e. The van der Waals surface area contributed by atoms with Gasteiger partial charge >= 0.3 is 0 Å². The van der Waals surface area contributed by atoms with Crippen molar-refractivity contribution >= 4 is 5.69 Å². The number of benzene rings is 1. The fourth-order valence-electron chi connectivity index (χ4n) is 2.46. The summed E-state index contributed by atoms with van der Waals surface area (Å²) in [5.74, 6) is 0. The van der Waals surface area contributed by atoms with E-state index in [4.69, 9.17) is 0 Å². The SMILES string of the molecule is CC(O)Cc1ccc2c(c1)CCCCN2C. The minimum Gasteiger partial charge on any atom is -0.393 e. The van der Waals surface area contributed by atoms with Gasteiger partial charge in [0.2, 0.25) is 0 Å². The Balaban J connectivity index is 2.26. The van der Waals surface area contributed by atoms with Gasteiger partial charge in [-0.1, -0.05) is 12.1 Å². The van der Waals surface area contributed by atoms with Crippen molar-refractivity contribution < 1.29 is 5.11 Å².